The maximum Gasteiger partial charge on any atom is 0.335 e. The number of ether oxygens (including phenoxy) is 1. The van der Waals surface area contributed by atoms with Crippen LogP contribution in [0.3, 0.4) is 0 Å². The number of hydrogen-bond acceptors (Lipinski definition) is 5. The highest BCUT2D eigenvalue weighted by Gasteiger charge is 2.23. The Morgan fingerprint density at radius 1 is 1.11 bits per heavy atom. The van der Waals surface area contributed by atoms with Gasteiger partial charge in [-0.25, -0.2) is 9.78 Å². The average Bonchev–Trinajstić information content (AvgIpc) is 2.83. The number of aromatic nitrogens is 2. The summed E-state index contributed by atoms with van der Waals surface area (Å²) in [5, 5.41) is 14.1. The Morgan fingerprint density at radius 3 is 2.35 bits per heavy atom. The first kappa shape index (κ1) is 27.7. The Bertz CT molecular complexity index is 1570. The average molecular weight is 786 g/mol. The highest BCUT2D eigenvalue weighted by atomic mass is 127. The Kier molecular flexibility index (Phi) is 8.38. The van der Waals surface area contributed by atoms with Crippen LogP contribution in [0, 0.1) is 7.14 Å². The van der Waals surface area contributed by atoms with Gasteiger partial charge >= 0.3 is 5.97 Å². The van der Waals surface area contributed by atoms with Crippen LogP contribution in [-0.4, -0.2) is 27.0 Å². The second kappa shape index (κ2) is 11.2. The fourth-order valence-corrected chi connectivity index (χ4v) is 6.05. The molecule has 0 aliphatic heterocycles. The lowest BCUT2D eigenvalue weighted by Crippen LogP contribution is -2.29. The van der Waals surface area contributed by atoms with Crippen molar-refractivity contribution in [2.45, 2.75) is 32.8 Å². The standard InChI is InChI=1S/C27H22BrI2N3O4/c1-27(2,3)26-32-22-9-8-18(28)12-19(22)24(34)33(26)31-13-16-10-20(29)23(21(30)11-16)37-14-15-4-6-17(7-5-15)25(35)36/h4-13H,14H2,1-3H3,(H,35,36). The van der Waals surface area contributed by atoms with Crippen LogP contribution in [0.2, 0.25) is 0 Å². The zero-order chi connectivity index (χ0) is 26.9. The highest BCUT2D eigenvalue weighted by Crippen LogP contribution is 2.30. The van der Waals surface area contributed by atoms with Gasteiger partial charge in [0, 0.05) is 9.89 Å². The molecule has 0 bridgehead atoms. The normalized spacial score (nSPS) is 11.8. The smallest absolute Gasteiger partial charge is 0.335 e. The van der Waals surface area contributed by atoms with Gasteiger partial charge in [0.15, 0.2) is 0 Å². The molecule has 0 fully saturated rings. The van der Waals surface area contributed by atoms with Crippen LogP contribution < -0.4 is 10.3 Å². The molecule has 3 aromatic carbocycles. The van der Waals surface area contributed by atoms with Gasteiger partial charge in [-0.05, 0) is 98.8 Å². The predicted octanol–water partition coefficient (Wildman–Crippen LogP) is 6.83. The van der Waals surface area contributed by atoms with Crippen LogP contribution >= 0.6 is 61.1 Å². The molecule has 4 rings (SSSR count). The molecule has 10 heteroatoms. The first-order chi connectivity index (χ1) is 17.4. The van der Waals surface area contributed by atoms with Crippen molar-refractivity contribution in [2.24, 2.45) is 5.10 Å². The molecule has 190 valence electrons. The number of benzene rings is 3. The van der Waals surface area contributed by atoms with E-state index in [4.69, 9.17) is 14.8 Å². The quantitative estimate of drug-likeness (QED) is 0.171. The molecule has 0 aliphatic rings. The maximum atomic E-state index is 13.4. The minimum Gasteiger partial charge on any atom is -0.487 e. The zero-order valence-corrected chi connectivity index (χ0v) is 26.0. The predicted molar refractivity (Wildman–Crippen MR) is 165 cm³/mol. The number of carbonyl (C=O) groups is 1. The van der Waals surface area contributed by atoms with Gasteiger partial charge in [0.25, 0.3) is 5.56 Å². The van der Waals surface area contributed by atoms with E-state index < -0.39 is 11.4 Å². The molecule has 0 unspecified atom stereocenters. The largest absolute Gasteiger partial charge is 0.487 e. The lowest BCUT2D eigenvalue weighted by atomic mass is 9.95. The molecule has 0 amide bonds. The van der Waals surface area contributed by atoms with E-state index in [-0.39, 0.29) is 11.1 Å². The van der Waals surface area contributed by atoms with Crippen molar-refractivity contribution in [3.63, 3.8) is 0 Å². The summed E-state index contributed by atoms with van der Waals surface area (Å²) in [7, 11) is 0. The van der Waals surface area contributed by atoms with Gasteiger partial charge in [-0.3, -0.25) is 4.79 Å². The van der Waals surface area contributed by atoms with E-state index in [1.807, 2.05) is 45.0 Å². The minimum atomic E-state index is -0.960. The number of rotatable bonds is 6. The maximum absolute atomic E-state index is 13.4. The van der Waals surface area contributed by atoms with Crippen LogP contribution in [0.5, 0.6) is 5.75 Å². The van der Waals surface area contributed by atoms with Gasteiger partial charge in [-0.2, -0.15) is 9.78 Å². The topological polar surface area (TPSA) is 93.8 Å². The molecule has 37 heavy (non-hydrogen) atoms. The van der Waals surface area contributed by atoms with Gasteiger partial charge < -0.3 is 9.84 Å². The number of carboxylic acids is 1. The molecule has 0 saturated heterocycles. The van der Waals surface area contributed by atoms with E-state index in [1.165, 1.54) is 4.68 Å². The highest BCUT2D eigenvalue weighted by molar-refractivity contribution is 14.1. The number of fused-ring (bicyclic) bond motifs is 1. The Labute approximate surface area is 249 Å². The lowest BCUT2D eigenvalue weighted by Gasteiger charge is -2.21. The molecular formula is C27H22BrI2N3O4. The van der Waals surface area contributed by atoms with Gasteiger partial charge in [0.1, 0.15) is 18.2 Å². The Hall–Kier alpha value is -2.32. The van der Waals surface area contributed by atoms with Crippen LogP contribution in [0.1, 0.15) is 48.1 Å². The van der Waals surface area contributed by atoms with Crippen molar-refractivity contribution in [3.8, 4) is 5.75 Å². The van der Waals surface area contributed by atoms with Crippen molar-refractivity contribution in [3.05, 3.63) is 99.1 Å². The fourth-order valence-electron chi connectivity index (χ4n) is 3.56. The van der Waals surface area contributed by atoms with Crippen LogP contribution in [-0.2, 0) is 12.0 Å². The molecule has 7 nitrogen and oxygen atoms in total. The number of carboxylic acid groups (broad SMARTS) is 1. The SMILES string of the molecule is CC(C)(C)c1nc2ccc(Br)cc2c(=O)n1N=Cc1cc(I)c(OCc2ccc(C(=O)O)cc2)c(I)c1. The summed E-state index contributed by atoms with van der Waals surface area (Å²) in [6.45, 7) is 6.30. The van der Waals surface area contributed by atoms with Gasteiger partial charge in [0.2, 0.25) is 0 Å². The third-order valence-corrected chi connectivity index (χ3v) is 7.50. The molecule has 0 spiro atoms. The summed E-state index contributed by atoms with van der Waals surface area (Å²) in [4.78, 5) is 29.2. The number of aromatic carboxylic acids is 1. The number of hydrogen-bond donors (Lipinski definition) is 1. The van der Waals surface area contributed by atoms with E-state index >= 15 is 0 Å². The molecular weight excluding hydrogens is 764 g/mol. The molecule has 1 heterocycles. The summed E-state index contributed by atoms with van der Waals surface area (Å²) < 4.78 is 9.99. The van der Waals surface area contributed by atoms with Gasteiger partial charge in [-0.15, -0.1) is 0 Å². The summed E-state index contributed by atoms with van der Waals surface area (Å²) in [5.41, 5.74) is 1.92. The third-order valence-electron chi connectivity index (χ3n) is 5.41. The second-order valence-electron chi connectivity index (χ2n) is 9.31. The van der Waals surface area contributed by atoms with Crippen molar-refractivity contribution in [2.75, 3.05) is 0 Å². The van der Waals surface area contributed by atoms with Gasteiger partial charge in [-0.1, -0.05) is 48.8 Å². The Balaban J connectivity index is 1.64. The number of halogens is 3. The monoisotopic (exact) mass is 785 g/mol. The number of nitrogens with zero attached hydrogens (tertiary/aromatic N) is 3. The lowest BCUT2D eigenvalue weighted by molar-refractivity contribution is 0.0697. The third kappa shape index (κ3) is 6.40. The molecule has 1 aromatic heterocycles. The van der Waals surface area contributed by atoms with E-state index in [2.05, 4.69) is 66.2 Å². The van der Waals surface area contributed by atoms with Gasteiger partial charge in [0.05, 0.1) is 29.8 Å². The van der Waals surface area contributed by atoms with E-state index in [0.717, 1.165) is 28.5 Å². The van der Waals surface area contributed by atoms with Crippen molar-refractivity contribution >= 4 is 84.2 Å². The fraction of sp³-hybridized carbons (Fsp3) is 0.185. The summed E-state index contributed by atoms with van der Waals surface area (Å²) >= 11 is 7.85. The van der Waals surface area contributed by atoms with Crippen LogP contribution in [0.25, 0.3) is 10.9 Å². The first-order valence-electron chi connectivity index (χ1n) is 11.2. The van der Waals surface area contributed by atoms with E-state index in [9.17, 15) is 9.59 Å². The van der Waals surface area contributed by atoms with Crippen molar-refractivity contribution < 1.29 is 14.6 Å². The summed E-state index contributed by atoms with van der Waals surface area (Å²) in [6, 6.07) is 15.9. The Morgan fingerprint density at radius 2 is 1.76 bits per heavy atom. The molecule has 0 radical (unpaired) electrons. The minimum absolute atomic E-state index is 0.231. The van der Waals surface area contributed by atoms with Crippen molar-refractivity contribution in [1.29, 1.82) is 0 Å². The summed E-state index contributed by atoms with van der Waals surface area (Å²) in [5.74, 6) is 0.338. The first-order valence-corrected chi connectivity index (χ1v) is 14.1. The van der Waals surface area contributed by atoms with Crippen LogP contribution in [0.4, 0.5) is 0 Å². The molecule has 0 aliphatic carbocycles. The molecule has 4 aromatic rings. The van der Waals surface area contributed by atoms with E-state index in [0.29, 0.717) is 23.3 Å². The summed E-state index contributed by atoms with van der Waals surface area (Å²) in [6.07, 6.45) is 1.65. The van der Waals surface area contributed by atoms with Crippen molar-refractivity contribution in [1.82, 2.24) is 9.66 Å². The molecule has 0 atom stereocenters. The zero-order valence-electron chi connectivity index (χ0n) is 20.1. The van der Waals surface area contributed by atoms with E-state index in [1.54, 1.807) is 36.5 Å². The molecule has 0 saturated carbocycles. The molecule has 1 N–H and O–H groups in total. The second-order valence-corrected chi connectivity index (χ2v) is 12.6. The van der Waals surface area contributed by atoms with Crippen LogP contribution in [0.15, 0.2) is 69.0 Å².